The molecule has 0 saturated carbocycles. The quantitative estimate of drug-likeness (QED) is 0.550. The molecule has 6 heteroatoms. The molecule has 3 aromatic rings. The number of ether oxygens (including phenoxy) is 1. The van der Waals surface area contributed by atoms with E-state index in [2.05, 4.69) is 4.98 Å². The van der Waals surface area contributed by atoms with Crippen molar-refractivity contribution in [3.05, 3.63) is 64.3 Å². The van der Waals surface area contributed by atoms with Crippen LogP contribution in [0.1, 0.15) is 36.2 Å². The van der Waals surface area contributed by atoms with E-state index in [9.17, 15) is 4.79 Å². The second kappa shape index (κ2) is 9.37. The maximum atomic E-state index is 12.0. The van der Waals surface area contributed by atoms with Gasteiger partial charge in [-0.05, 0) is 67.0 Å². The number of fused-ring (bicyclic) bond motifs is 2. The Morgan fingerprint density at radius 2 is 2.00 bits per heavy atom. The molecule has 0 radical (unpaired) electrons. The van der Waals surface area contributed by atoms with E-state index in [0.29, 0.717) is 27.5 Å². The van der Waals surface area contributed by atoms with Crippen molar-refractivity contribution in [3.8, 4) is 5.75 Å². The van der Waals surface area contributed by atoms with Crippen molar-refractivity contribution < 1.29 is 22.6 Å². The average Bonchev–Trinajstić information content (AvgIpc) is 3.42. The summed E-state index contributed by atoms with van der Waals surface area (Å²) in [5, 5.41) is -0.233. The molecule has 0 unspecified atom stereocenters. The molecule has 0 bridgehead atoms. The van der Waals surface area contributed by atoms with Crippen molar-refractivity contribution in [2.45, 2.75) is 24.2 Å². The highest BCUT2D eigenvalue weighted by atomic mass is 32.2. The minimum absolute atomic E-state index is 0.0143. The molecule has 0 atom stereocenters. The van der Waals surface area contributed by atoms with Crippen LogP contribution in [0.5, 0.6) is 5.75 Å². The molecule has 1 saturated heterocycles. The Labute approximate surface area is 205 Å². The number of nitrogens with zero attached hydrogens (tertiary/aromatic N) is 2. The Morgan fingerprint density at radius 1 is 1.13 bits per heavy atom. The number of aromatic amines is 1. The maximum Gasteiger partial charge on any atom is 0.248 e. The normalized spacial score (nSPS) is 29.2. The lowest BCUT2D eigenvalue weighted by Gasteiger charge is -2.37. The van der Waals surface area contributed by atoms with Crippen LogP contribution >= 0.6 is 11.8 Å². The van der Waals surface area contributed by atoms with E-state index < -0.39 is 68.3 Å². The lowest BCUT2D eigenvalue weighted by atomic mass is 10.1. The van der Waals surface area contributed by atoms with Crippen molar-refractivity contribution in [1.29, 1.82) is 0 Å². The van der Waals surface area contributed by atoms with Gasteiger partial charge in [0.25, 0.3) is 0 Å². The van der Waals surface area contributed by atoms with E-state index in [0.717, 1.165) is 4.90 Å². The molecule has 0 spiro atoms. The van der Waals surface area contributed by atoms with Gasteiger partial charge in [-0.15, -0.1) is 11.8 Å². The minimum Gasteiger partial charge on any atom is -0.494 e. The molecule has 1 N–H and O–H groups in total. The number of pyridine rings is 1. The number of piperazine rings is 1. The van der Waals surface area contributed by atoms with Crippen LogP contribution in [0.4, 0.5) is 5.69 Å². The Hall–Kier alpha value is -2.44. The summed E-state index contributed by atoms with van der Waals surface area (Å²) in [5.74, 6) is 0.345. The lowest BCUT2D eigenvalue weighted by Crippen LogP contribution is -2.47. The Balaban J connectivity index is 1.36. The molecule has 162 valence electrons. The molecule has 5 nitrogen and oxygen atoms in total. The zero-order valence-electron chi connectivity index (χ0n) is 29.6. The van der Waals surface area contributed by atoms with E-state index in [1.807, 2.05) is 6.07 Å². The summed E-state index contributed by atoms with van der Waals surface area (Å²) >= 11 is 1.52. The highest BCUT2D eigenvalue weighted by Gasteiger charge is 2.22. The molecule has 2 aliphatic heterocycles. The number of anilines is 1. The summed E-state index contributed by atoms with van der Waals surface area (Å²) in [6, 6.07) is 2.16. The van der Waals surface area contributed by atoms with Crippen molar-refractivity contribution in [2.24, 2.45) is 0 Å². The zero-order chi connectivity index (χ0) is 32.6. The first kappa shape index (κ1) is 10.5. The third-order valence-electron chi connectivity index (χ3n) is 4.90. The number of benzene rings is 2. The first-order valence-electron chi connectivity index (χ1n) is 16.5. The smallest absolute Gasteiger partial charge is 0.248 e. The standard InChI is InChI=1S/C25H29N3O2S/c29-25-9-7-19-6-8-20(18-22(19)26-25)30-16-2-1-11-27-12-14-28(15-13-27)23-4-3-5-24-21(23)10-17-31-24/h3-9,18H,1-2,10-17H2,(H,26,29)/i6D,7D,8D,9D,12D2,13D2,14D2,15D2,18D. The van der Waals surface area contributed by atoms with Crippen LogP contribution in [0.2, 0.25) is 0 Å². The van der Waals surface area contributed by atoms with Gasteiger partial charge in [-0.3, -0.25) is 9.69 Å². The van der Waals surface area contributed by atoms with Gasteiger partial charge in [0.1, 0.15) is 5.75 Å². The predicted octanol–water partition coefficient (Wildman–Crippen LogP) is 4.16. The Bertz CT molecular complexity index is 1670. The number of unbranched alkanes of at least 4 members (excludes halogenated alkanes) is 1. The van der Waals surface area contributed by atoms with Crippen LogP contribution in [-0.2, 0) is 6.42 Å². The number of H-pyrrole nitrogens is 1. The van der Waals surface area contributed by atoms with Gasteiger partial charge in [0, 0.05) is 59.9 Å². The number of rotatable bonds is 7. The molecule has 5 rings (SSSR count). The monoisotopic (exact) mass is 448 g/mol. The molecule has 2 aliphatic rings. The van der Waals surface area contributed by atoms with Crippen LogP contribution in [0.25, 0.3) is 10.9 Å². The van der Waals surface area contributed by atoms with Crippen molar-refractivity contribution in [3.63, 3.8) is 0 Å². The van der Waals surface area contributed by atoms with E-state index in [-0.39, 0.29) is 41.8 Å². The first-order valence-corrected chi connectivity index (χ1v) is 11.0. The minimum atomic E-state index is -2.98. The third kappa shape index (κ3) is 4.75. The predicted molar refractivity (Wildman–Crippen MR) is 129 cm³/mol. The maximum absolute atomic E-state index is 12.0. The van der Waals surface area contributed by atoms with E-state index in [1.54, 1.807) is 6.07 Å². The second-order valence-corrected chi connectivity index (χ2v) is 8.14. The molecule has 0 aliphatic carbocycles. The van der Waals surface area contributed by atoms with Gasteiger partial charge in [0.05, 0.1) is 24.5 Å². The molecule has 1 fully saturated rings. The molecular weight excluding hydrogens is 406 g/mol. The van der Waals surface area contributed by atoms with Gasteiger partial charge in [0.15, 0.2) is 0 Å². The highest BCUT2D eigenvalue weighted by molar-refractivity contribution is 7.99. The molecule has 0 amide bonds. The summed E-state index contributed by atoms with van der Waals surface area (Å²) in [6.45, 7) is -12.5. The van der Waals surface area contributed by atoms with Crippen LogP contribution in [0.15, 0.2) is 58.1 Å². The highest BCUT2D eigenvalue weighted by Crippen LogP contribution is 2.37. The molecular formula is C25H29N3O2S. The van der Waals surface area contributed by atoms with Crippen molar-refractivity contribution in [1.82, 2.24) is 9.88 Å². The largest absolute Gasteiger partial charge is 0.494 e. The van der Waals surface area contributed by atoms with Crippen LogP contribution in [-0.4, -0.2) is 54.8 Å². The number of nitrogens with one attached hydrogen (secondary N) is 1. The second-order valence-electron chi connectivity index (χ2n) is 7.00. The SMILES string of the molecule is [2H]c1c(OCCCCN2C([2H])([2H])C([2H])([2H])N(c3cccc4c3CCS4)C([2H])([2H])C2([2H])[2H])c([2H])c2[nH]c(=O)c([2H])c([2H])c2c1[2H]. The van der Waals surface area contributed by atoms with E-state index in [1.165, 1.54) is 17.8 Å². The van der Waals surface area contributed by atoms with Gasteiger partial charge in [0.2, 0.25) is 5.56 Å². The number of hydrogen-bond donors (Lipinski definition) is 1. The fourth-order valence-corrected chi connectivity index (χ4v) is 4.46. The van der Waals surface area contributed by atoms with Gasteiger partial charge in [-0.1, -0.05) is 6.07 Å². The number of hydrogen-bond acceptors (Lipinski definition) is 5. The summed E-state index contributed by atoms with van der Waals surface area (Å²) < 4.78 is 116. The van der Waals surface area contributed by atoms with Gasteiger partial charge in [-0.2, -0.15) is 0 Å². The fraction of sp³-hybridized carbons (Fsp3) is 0.400. The first-order chi connectivity index (χ1) is 20.4. The van der Waals surface area contributed by atoms with Crippen molar-refractivity contribution in [2.75, 3.05) is 49.8 Å². The Morgan fingerprint density at radius 3 is 2.90 bits per heavy atom. The van der Waals surface area contributed by atoms with Crippen LogP contribution in [0, 0.1) is 0 Å². The topological polar surface area (TPSA) is 48.6 Å². The molecule has 2 aromatic carbocycles. The summed E-state index contributed by atoms with van der Waals surface area (Å²) in [6.07, 6.45) is 0.623. The summed E-state index contributed by atoms with van der Waals surface area (Å²) in [4.78, 5) is 16.2. The van der Waals surface area contributed by atoms with Gasteiger partial charge in [-0.25, -0.2) is 0 Å². The Kier molecular flexibility index (Phi) is 3.16. The number of aromatic nitrogens is 1. The van der Waals surface area contributed by atoms with Gasteiger partial charge >= 0.3 is 0 Å². The van der Waals surface area contributed by atoms with Crippen LogP contribution < -0.4 is 15.2 Å². The zero-order valence-corrected chi connectivity index (χ0v) is 17.4. The lowest BCUT2D eigenvalue weighted by molar-refractivity contribution is 0.238. The summed E-state index contributed by atoms with van der Waals surface area (Å²) in [5.41, 5.74) is -0.392. The average molecular weight is 449 g/mol. The molecule has 1 aromatic heterocycles. The van der Waals surface area contributed by atoms with E-state index >= 15 is 0 Å². The third-order valence-corrected chi connectivity index (χ3v) is 6.01. The van der Waals surface area contributed by atoms with Gasteiger partial charge < -0.3 is 14.6 Å². The van der Waals surface area contributed by atoms with Crippen LogP contribution in [0.3, 0.4) is 0 Å². The fourth-order valence-electron chi connectivity index (χ4n) is 3.38. The molecule has 3 heterocycles. The van der Waals surface area contributed by atoms with E-state index in [4.69, 9.17) is 22.6 Å². The number of thioether (sulfide) groups is 1. The van der Waals surface area contributed by atoms with Crippen molar-refractivity contribution >= 4 is 28.4 Å². The summed E-state index contributed by atoms with van der Waals surface area (Å²) in [7, 11) is 0. The molecule has 31 heavy (non-hydrogen) atoms.